The SMILES string of the molecule is Cc1sc2nc(CSC(C)C(=O)Nc3nc(-c4ccccc4Cl)cs3)[nH]c(=O)c2c1C. The highest BCUT2D eigenvalue weighted by molar-refractivity contribution is 7.99. The Kier molecular flexibility index (Phi) is 6.47. The van der Waals surface area contributed by atoms with Crippen LogP contribution in [0.25, 0.3) is 21.5 Å². The summed E-state index contributed by atoms with van der Waals surface area (Å²) in [7, 11) is 0. The minimum atomic E-state index is -0.347. The smallest absolute Gasteiger partial charge is 0.259 e. The van der Waals surface area contributed by atoms with Crippen LogP contribution in [0.5, 0.6) is 0 Å². The molecule has 0 saturated carbocycles. The van der Waals surface area contributed by atoms with Gasteiger partial charge < -0.3 is 10.3 Å². The van der Waals surface area contributed by atoms with Gasteiger partial charge in [-0.15, -0.1) is 34.4 Å². The molecule has 1 unspecified atom stereocenters. The van der Waals surface area contributed by atoms with Crippen LogP contribution in [0, 0.1) is 13.8 Å². The van der Waals surface area contributed by atoms with Crippen molar-refractivity contribution in [1.82, 2.24) is 15.0 Å². The Morgan fingerprint density at radius 1 is 1.29 bits per heavy atom. The van der Waals surface area contributed by atoms with Crippen molar-refractivity contribution in [2.75, 3.05) is 5.32 Å². The molecule has 0 spiro atoms. The largest absolute Gasteiger partial charge is 0.309 e. The predicted molar refractivity (Wildman–Crippen MR) is 132 cm³/mol. The molecule has 6 nitrogen and oxygen atoms in total. The lowest BCUT2D eigenvalue weighted by atomic mass is 10.2. The zero-order valence-electron chi connectivity index (χ0n) is 17.0. The fourth-order valence-electron chi connectivity index (χ4n) is 2.98. The number of rotatable bonds is 6. The van der Waals surface area contributed by atoms with Crippen LogP contribution < -0.4 is 10.9 Å². The summed E-state index contributed by atoms with van der Waals surface area (Å²) in [6.45, 7) is 5.73. The lowest BCUT2D eigenvalue weighted by molar-refractivity contribution is -0.115. The van der Waals surface area contributed by atoms with E-state index in [1.54, 1.807) is 0 Å². The molecule has 31 heavy (non-hydrogen) atoms. The highest BCUT2D eigenvalue weighted by Gasteiger charge is 2.18. The number of fused-ring (bicyclic) bond motifs is 1. The minimum absolute atomic E-state index is 0.130. The van der Waals surface area contributed by atoms with Gasteiger partial charge >= 0.3 is 0 Å². The molecule has 2 N–H and O–H groups in total. The molecule has 0 radical (unpaired) electrons. The molecular weight excluding hydrogens is 472 g/mol. The van der Waals surface area contributed by atoms with Crippen LogP contribution in [0.4, 0.5) is 5.13 Å². The van der Waals surface area contributed by atoms with E-state index in [0.717, 1.165) is 26.5 Å². The third-order valence-corrected chi connectivity index (χ3v) is 8.15. The average molecular weight is 491 g/mol. The molecule has 0 bridgehead atoms. The molecule has 0 aliphatic heterocycles. The summed E-state index contributed by atoms with van der Waals surface area (Å²) >= 11 is 10.5. The predicted octanol–water partition coefficient (Wildman–Crippen LogP) is 5.64. The van der Waals surface area contributed by atoms with Crippen LogP contribution in [-0.4, -0.2) is 26.1 Å². The topological polar surface area (TPSA) is 87.7 Å². The zero-order valence-corrected chi connectivity index (χ0v) is 20.2. The molecule has 0 saturated heterocycles. The maximum absolute atomic E-state index is 12.6. The van der Waals surface area contributed by atoms with Gasteiger partial charge in [-0.2, -0.15) is 0 Å². The molecule has 1 amide bonds. The number of aryl methyl sites for hydroxylation is 2. The number of thiazole rings is 1. The molecule has 10 heteroatoms. The van der Waals surface area contributed by atoms with Gasteiger partial charge in [-0.05, 0) is 32.4 Å². The Balaban J connectivity index is 1.40. The number of carbonyl (C=O) groups is 1. The second-order valence-corrected chi connectivity index (χ2v) is 10.7. The first-order valence-corrected chi connectivity index (χ1v) is 12.6. The molecular formula is C21H19ClN4O2S3. The first kappa shape index (κ1) is 22.0. The van der Waals surface area contributed by atoms with Crippen molar-refractivity contribution in [3.63, 3.8) is 0 Å². The van der Waals surface area contributed by atoms with E-state index in [-0.39, 0.29) is 16.7 Å². The van der Waals surface area contributed by atoms with E-state index in [4.69, 9.17) is 11.6 Å². The zero-order chi connectivity index (χ0) is 22.1. The van der Waals surface area contributed by atoms with Crippen LogP contribution in [0.1, 0.15) is 23.2 Å². The van der Waals surface area contributed by atoms with Crippen LogP contribution >= 0.6 is 46.0 Å². The van der Waals surface area contributed by atoms with Gasteiger partial charge in [0.15, 0.2) is 5.13 Å². The number of amides is 1. The average Bonchev–Trinajstić information content (AvgIpc) is 3.30. The van der Waals surface area contributed by atoms with Gasteiger partial charge in [0.25, 0.3) is 5.56 Å². The molecule has 1 aromatic carbocycles. The normalized spacial score (nSPS) is 12.3. The summed E-state index contributed by atoms with van der Waals surface area (Å²) in [5.74, 6) is 0.841. The van der Waals surface area contributed by atoms with Gasteiger partial charge in [0, 0.05) is 20.8 Å². The second kappa shape index (κ2) is 9.12. The van der Waals surface area contributed by atoms with Crippen LogP contribution in [0.2, 0.25) is 5.02 Å². The third-order valence-electron chi connectivity index (χ3n) is 4.81. The number of hydrogen-bond donors (Lipinski definition) is 2. The molecule has 3 heterocycles. The molecule has 3 aromatic heterocycles. The number of aromatic nitrogens is 3. The van der Waals surface area contributed by atoms with Crippen molar-refractivity contribution < 1.29 is 4.79 Å². The van der Waals surface area contributed by atoms with Gasteiger partial charge in [-0.1, -0.05) is 29.8 Å². The lowest BCUT2D eigenvalue weighted by Gasteiger charge is -2.10. The standard InChI is InChI=1S/C21H19ClN4O2S3/c1-10-11(2)31-20-17(10)19(28)24-16(25-20)9-29-12(3)18(27)26-21-23-15(8-30-21)13-6-4-5-7-14(13)22/h4-8,12H,9H2,1-3H3,(H,23,26,27)(H,24,25,28). The van der Waals surface area contributed by atoms with E-state index in [0.29, 0.717) is 27.1 Å². The summed E-state index contributed by atoms with van der Waals surface area (Å²) in [4.78, 5) is 38.7. The Labute approximate surface area is 196 Å². The highest BCUT2D eigenvalue weighted by Crippen LogP contribution is 2.31. The van der Waals surface area contributed by atoms with Crippen molar-refractivity contribution in [2.45, 2.75) is 31.8 Å². The lowest BCUT2D eigenvalue weighted by Crippen LogP contribution is -2.23. The minimum Gasteiger partial charge on any atom is -0.309 e. The number of hydrogen-bond acceptors (Lipinski definition) is 7. The van der Waals surface area contributed by atoms with Crippen molar-refractivity contribution >= 4 is 67.3 Å². The van der Waals surface area contributed by atoms with E-state index in [2.05, 4.69) is 20.3 Å². The summed E-state index contributed by atoms with van der Waals surface area (Å²) in [6.07, 6.45) is 0. The summed E-state index contributed by atoms with van der Waals surface area (Å²) in [5, 5.41) is 6.16. The van der Waals surface area contributed by atoms with Crippen molar-refractivity contribution in [3.8, 4) is 11.3 Å². The van der Waals surface area contributed by atoms with E-state index < -0.39 is 0 Å². The van der Waals surface area contributed by atoms with Crippen LogP contribution in [-0.2, 0) is 10.5 Å². The van der Waals surface area contributed by atoms with Gasteiger partial charge in [-0.3, -0.25) is 9.59 Å². The number of halogens is 1. The maximum Gasteiger partial charge on any atom is 0.259 e. The number of H-pyrrole nitrogens is 1. The Bertz CT molecular complexity index is 1330. The van der Waals surface area contributed by atoms with E-state index in [9.17, 15) is 9.59 Å². The third kappa shape index (κ3) is 4.69. The number of benzene rings is 1. The maximum atomic E-state index is 12.6. The Morgan fingerprint density at radius 3 is 2.84 bits per heavy atom. The number of nitrogens with one attached hydrogen (secondary N) is 2. The molecule has 160 valence electrons. The number of thiophene rings is 1. The Morgan fingerprint density at radius 2 is 2.06 bits per heavy atom. The van der Waals surface area contributed by atoms with Crippen molar-refractivity contribution in [3.05, 3.63) is 61.3 Å². The molecule has 0 aliphatic carbocycles. The first-order chi connectivity index (χ1) is 14.8. The Hall–Kier alpha value is -2.20. The van der Waals surface area contributed by atoms with Gasteiger partial charge in [0.2, 0.25) is 5.91 Å². The van der Waals surface area contributed by atoms with Gasteiger partial charge in [0.1, 0.15) is 10.7 Å². The number of thioether (sulfide) groups is 1. The summed E-state index contributed by atoms with van der Waals surface area (Å²) in [6, 6.07) is 7.46. The van der Waals surface area contributed by atoms with E-state index in [1.165, 1.54) is 34.4 Å². The molecule has 0 fully saturated rings. The van der Waals surface area contributed by atoms with Crippen molar-refractivity contribution in [2.24, 2.45) is 0 Å². The first-order valence-electron chi connectivity index (χ1n) is 9.45. The fourth-order valence-corrected chi connectivity index (χ4v) is 5.73. The van der Waals surface area contributed by atoms with Crippen molar-refractivity contribution in [1.29, 1.82) is 0 Å². The monoisotopic (exact) mass is 490 g/mol. The quantitative estimate of drug-likeness (QED) is 0.365. The summed E-state index contributed by atoms with van der Waals surface area (Å²) in [5.41, 5.74) is 2.39. The second-order valence-electron chi connectivity index (χ2n) is 6.94. The van der Waals surface area contributed by atoms with Gasteiger partial charge in [-0.25, -0.2) is 9.97 Å². The fraction of sp³-hybridized carbons (Fsp3) is 0.238. The molecule has 4 rings (SSSR count). The van der Waals surface area contributed by atoms with Gasteiger partial charge in [0.05, 0.1) is 22.1 Å². The molecule has 1 atom stereocenters. The van der Waals surface area contributed by atoms with E-state index >= 15 is 0 Å². The number of anilines is 1. The van der Waals surface area contributed by atoms with Crippen LogP contribution in [0.3, 0.4) is 0 Å². The molecule has 4 aromatic rings. The summed E-state index contributed by atoms with van der Waals surface area (Å²) < 4.78 is 0. The number of nitrogens with zero attached hydrogens (tertiary/aromatic N) is 2. The van der Waals surface area contributed by atoms with E-state index in [1.807, 2.05) is 50.4 Å². The number of aromatic amines is 1. The number of carbonyl (C=O) groups excluding carboxylic acids is 1. The highest BCUT2D eigenvalue weighted by atomic mass is 35.5. The van der Waals surface area contributed by atoms with Crippen LogP contribution in [0.15, 0.2) is 34.4 Å². The molecule has 0 aliphatic rings.